The number of halogens is 1. The van der Waals surface area contributed by atoms with E-state index in [0.29, 0.717) is 24.7 Å². The fraction of sp³-hybridized carbons (Fsp3) is 0.571. The van der Waals surface area contributed by atoms with Crippen LogP contribution in [0.1, 0.15) is 19.4 Å². The number of rotatable bonds is 8. The van der Waals surface area contributed by atoms with Crippen LogP contribution in [0.25, 0.3) is 0 Å². The molecule has 0 saturated heterocycles. The summed E-state index contributed by atoms with van der Waals surface area (Å²) in [5, 5.41) is 3.53. The Kier molecular flexibility index (Phi) is 7.09. The predicted octanol–water partition coefficient (Wildman–Crippen LogP) is 2.10. The average Bonchev–Trinajstić information content (AvgIpc) is 2.42. The minimum Gasteiger partial charge on any atom is -0.383 e. The molecule has 1 aromatic rings. The summed E-state index contributed by atoms with van der Waals surface area (Å²) < 4.78 is 32.0. The number of nitrogens with one attached hydrogen (secondary N) is 1. The number of benzene rings is 1. The smallest absolute Gasteiger partial charge is 0.243 e. The molecule has 0 aliphatic carbocycles. The highest BCUT2D eigenvalue weighted by molar-refractivity contribution is 7.89. The first-order chi connectivity index (χ1) is 9.88. The van der Waals surface area contributed by atoms with E-state index in [1.165, 1.54) is 4.31 Å². The van der Waals surface area contributed by atoms with Crippen LogP contribution in [0.5, 0.6) is 0 Å². The molecule has 5 nitrogen and oxygen atoms in total. The van der Waals surface area contributed by atoms with Gasteiger partial charge < -0.3 is 10.1 Å². The van der Waals surface area contributed by atoms with Crippen molar-refractivity contribution >= 4 is 21.6 Å². The molecule has 0 aliphatic heterocycles. The van der Waals surface area contributed by atoms with Gasteiger partial charge in [-0.3, -0.25) is 0 Å². The van der Waals surface area contributed by atoms with E-state index < -0.39 is 10.0 Å². The minimum absolute atomic E-state index is 0.228. The van der Waals surface area contributed by atoms with Crippen molar-refractivity contribution in [2.75, 3.05) is 27.3 Å². The predicted molar refractivity (Wildman–Crippen MR) is 85.1 cm³/mol. The van der Waals surface area contributed by atoms with Gasteiger partial charge in [-0.1, -0.05) is 18.5 Å². The van der Waals surface area contributed by atoms with Gasteiger partial charge in [0.25, 0.3) is 0 Å². The zero-order valence-corrected chi connectivity index (χ0v) is 14.5. The average molecular weight is 335 g/mol. The third-order valence-corrected chi connectivity index (χ3v) is 5.66. The van der Waals surface area contributed by atoms with Crippen LogP contribution in [-0.4, -0.2) is 46.1 Å². The van der Waals surface area contributed by atoms with Gasteiger partial charge in [-0.05, 0) is 37.7 Å². The number of methoxy groups -OCH3 is 1. The highest BCUT2D eigenvalue weighted by Gasteiger charge is 2.28. The maximum absolute atomic E-state index is 12.8. The number of hydrogen-bond donors (Lipinski definition) is 1. The van der Waals surface area contributed by atoms with Crippen molar-refractivity contribution in [3.05, 3.63) is 28.8 Å². The van der Waals surface area contributed by atoms with Gasteiger partial charge in [0, 0.05) is 31.3 Å². The number of nitrogens with zero attached hydrogens (tertiary/aromatic N) is 1. The van der Waals surface area contributed by atoms with Crippen LogP contribution < -0.4 is 5.32 Å². The van der Waals surface area contributed by atoms with E-state index in [1.54, 1.807) is 32.4 Å². The first-order valence-electron chi connectivity index (χ1n) is 6.82. The Hall–Kier alpha value is -0.660. The second-order valence-electron chi connectivity index (χ2n) is 4.80. The van der Waals surface area contributed by atoms with Crippen LogP contribution in [-0.2, 0) is 21.3 Å². The highest BCUT2D eigenvalue weighted by Crippen LogP contribution is 2.24. The van der Waals surface area contributed by atoms with Crippen molar-refractivity contribution in [1.82, 2.24) is 9.62 Å². The summed E-state index contributed by atoms with van der Waals surface area (Å²) in [6.07, 6.45) is 0. The van der Waals surface area contributed by atoms with Crippen LogP contribution in [0.15, 0.2) is 23.1 Å². The molecule has 1 aromatic carbocycles. The molecule has 120 valence electrons. The summed E-state index contributed by atoms with van der Waals surface area (Å²) in [5.41, 5.74) is 0.760. The molecule has 0 amide bonds. The molecule has 0 saturated carbocycles. The zero-order chi connectivity index (χ0) is 16.0. The second kappa shape index (κ2) is 8.10. The molecule has 1 atom stereocenters. The monoisotopic (exact) mass is 334 g/mol. The molecule has 0 bridgehead atoms. The fourth-order valence-corrected chi connectivity index (χ4v) is 4.08. The van der Waals surface area contributed by atoms with E-state index >= 15 is 0 Å². The molecule has 21 heavy (non-hydrogen) atoms. The maximum Gasteiger partial charge on any atom is 0.243 e. The molecular formula is C14H23ClN2O3S. The second-order valence-corrected chi connectivity index (χ2v) is 7.09. The Morgan fingerprint density at radius 2 is 2.10 bits per heavy atom. The molecule has 7 heteroatoms. The molecule has 0 fully saturated rings. The zero-order valence-electron chi connectivity index (χ0n) is 12.9. The Labute approximate surface area is 132 Å². The van der Waals surface area contributed by atoms with Crippen molar-refractivity contribution in [2.24, 2.45) is 0 Å². The topological polar surface area (TPSA) is 58.6 Å². The normalized spacial score (nSPS) is 13.6. The molecule has 0 spiro atoms. The van der Waals surface area contributed by atoms with Gasteiger partial charge in [0.15, 0.2) is 0 Å². The molecule has 1 N–H and O–H groups in total. The molecule has 1 rings (SSSR count). The lowest BCUT2D eigenvalue weighted by Crippen LogP contribution is -2.40. The molecule has 0 aliphatic rings. The minimum atomic E-state index is -3.56. The quantitative estimate of drug-likeness (QED) is 0.791. The highest BCUT2D eigenvalue weighted by atomic mass is 35.5. The van der Waals surface area contributed by atoms with Gasteiger partial charge >= 0.3 is 0 Å². The van der Waals surface area contributed by atoms with Crippen LogP contribution in [0, 0.1) is 0 Å². The van der Waals surface area contributed by atoms with Gasteiger partial charge in [-0.25, -0.2) is 8.42 Å². The summed E-state index contributed by atoms with van der Waals surface area (Å²) in [6, 6.07) is 4.55. The van der Waals surface area contributed by atoms with E-state index in [0.717, 1.165) is 5.56 Å². The lowest BCUT2D eigenvalue weighted by atomic mass is 10.2. The van der Waals surface area contributed by atoms with Crippen molar-refractivity contribution < 1.29 is 13.2 Å². The molecule has 0 radical (unpaired) electrons. The van der Waals surface area contributed by atoms with Gasteiger partial charge in [-0.15, -0.1) is 0 Å². The standard InChI is InChI=1S/C14H23ClN2O3S/c1-5-17(11(2)10-20-4)21(18,19)13-6-7-14(15)12(8-13)9-16-3/h6-8,11,16H,5,9-10H2,1-4H3. The lowest BCUT2D eigenvalue weighted by molar-refractivity contribution is 0.142. The van der Waals surface area contributed by atoms with Gasteiger partial charge in [0.1, 0.15) is 0 Å². The van der Waals surface area contributed by atoms with E-state index in [1.807, 2.05) is 13.8 Å². The van der Waals surface area contributed by atoms with Gasteiger partial charge in [0.05, 0.1) is 11.5 Å². The number of hydrogen-bond acceptors (Lipinski definition) is 4. The largest absolute Gasteiger partial charge is 0.383 e. The van der Waals surface area contributed by atoms with Gasteiger partial charge in [-0.2, -0.15) is 4.31 Å². The number of ether oxygens (including phenoxy) is 1. The fourth-order valence-electron chi connectivity index (χ4n) is 2.22. The van der Waals surface area contributed by atoms with Crippen molar-refractivity contribution in [3.63, 3.8) is 0 Å². The Morgan fingerprint density at radius 3 is 2.62 bits per heavy atom. The van der Waals surface area contributed by atoms with Gasteiger partial charge in [0.2, 0.25) is 10.0 Å². The first kappa shape index (κ1) is 18.4. The van der Waals surface area contributed by atoms with Crippen LogP contribution in [0.2, 0.25) is 5.02 Å². The van der Waals surface area contributed by atoms with E-state index in [-0.39, 0.29) is 10.9 Å². The van der Waals surface area contributed by atoms with E-state index in [4.69, 9.17) is 16.3 Å². The Morgan fingerprint density at radius 1 is 1.43 bits per heavy atom. The summed E-state index contributed by atoms with van der Waals surface area (Å²) >= 11 is 6.08. The molecule has 1 unspecified atom stereocenters. The molecular weight excluding hydrogens is 312 g/mol. The van der Waals surface area contributed by atoms with Crippen LogP contribution in [0.3, 0.4) is 0 Å². The third-order valence-electron chi connectivity index (χ3n) is 3.20. The number of sulfonamides is 1. The summed E-state index contributed by atoms with van der Waals surface area (Å²) in [6.45, 7) is 4.89. The Bertz CT molecular complexity index is 563. The van der Waals surface area contributed by atoms with Crippen molar-refractivity contribution in [2.45, 2.75) is 31.3 Å². The summed E-state index contributed by atoms with van der Waals surface area (Å²) in [7, 11) is -0.215. The first-order valence-corrected chi connectivity index (χ1v) is 8.64. The Balaban J connectivity index is 3.19. The van der Waals surface area contributed by atoms with E-state index in [9.17, 15) is 8.42 Å². The maximum atomic E-state index is 12.8. The van der Waals surface area contributed by atoms with E-state index in [2.05, 4.69) is 5.32 Å². The SMILES string of the molecule is CCN(C(C)COC)S(=O)(=O)c1ccc(Cl)c(CNC)c1. The van der Waals surface area contributed by atoms with Crippen LogP contribution in [0.4, 0.5) is 0 Å². The lowest BCUT2D eigenvalue weighted by Gasteiger charge is -2.27. The summed E-state index contributed by atoms with van der Waals surface area (Å²) in [4.78, 5) is 0.252. The molecule has 0 aromatic heterocycles. The van der Waals surface area contributed by atoms with Crippen molar-refractivity contribution in [1.29, 1.82) is 0 Å². The van der Waals surface area contributed by atoms with Crippen LogP contribution >= 0.6 is 11.6 Å². The molecule has 0 heterocycles. The number of likely N-dealkylation sites (N-methyl/N-ethyl adjacent to an activating group) is 1. The third kappa shape index (κ3) is 4.40. The summed E-state index contributed by atoms with van der Waals surface area (Å²) in [5.74, 6) is 0. The van der Waals surface area contributed by atoms with Crippen molar-refractivity contribution in [3.8, 4) is 0 Å².